The van der Waals surface area contributed by atoms with Gasteiger partial charge in [-0.2, -0.15) is 5.10 Å². The summed E-state index contributed by atoms with van der Waals surface area (Å²) in [5.74, 6) is 1.57. The molecule has 0 aliphatic carbocycles. The first kappa shape index (κ1) is 13.8. The first-order chi connectivity index (χ1) is 11.4. The number of nitrogens with one attached hydrogen (secondary N) is 2. The van der Waals surface area contributed by atoms with Crippen LogP contribution in [0.3, 0.4) is 0 Å². The highest BCUT2D eigenvalue weighted by Gasteiger charge is 2.16. The van der Waals surface area contributed by atoms with E-state index >= 15 is 0 Å². The molecule has 0 atom stereocenters. The van der Waals surface area contributed by atoms with Crippen molar-refractivity contribution in [3.8, 4) is 22.8 Å². The summed E-state index contributed by atoms with van der Waals surface area (Å²) in [4.78, 5) is 0. The SMILES string of the molecule is c1ccc(CNCc2cn[nH]c2-c2ccc3c(c2)OCO3)cc1. The Morgan fingerprint density at radius 1 is 1.00 bits per heavy atom. The molecule has 0 saturated heterocycles. The van der Waals surface area contributed by atoms with E-state index in [9.17, 15) is 0 Å². The second-order valence-corrected chi connectivity index (χ2v) is 5.43. The Labute approximate surface area is 134 Å². The maximum atomic E-state index is 5.44. The smallest absolute Gasteiger partial charge is 0.231 e. The number of hydrogen-bond acceptors (Lipinski definition) is 4. The lowest BCUT2D eigenvalue weighted by Crippen LogP contribution is -2.12. The third-order valence-corrected chi connectivity index (χ3v) is 3.87. The molecule has 0 saturated carbocycles. The molecule has 0 bridgehead atoms. The second kappa shape index (κ2) is 6.14. The van der Waals surface area contributed by atoms with Gasteiger partial charge in [-0.3, -0.25) is 5.10 Å². The Kier molecular flexibility index (Phi) is 3.70. The van der Waals surface area contributed by atoms with Crippen molar-refractivity contribution in [1.82, 2.24) is 15.5 Å². The lowest BCUT2D eigenvalue weighted by atomic mass is 10.1. The molecule has 2 heterocycles. The highest BCUT2D eigenvalue weighted by atomic mass is 16.7. The van der Waals surface area contributed by atoms with E-state index in [4.69, 9.17) is 9.47 Å². The minimum absolute atomic E-state index is 0.285. The van der Waals surface area contributed by atoms with Crippen LogP contribution < -0.4 is 14.8 Å². The predicted molar refractivity (Wildman–Crippen MR) is 87.1 cm³/mol. The zero-order valence-electron chi connectivity index (χ0n) is 12.6. The van der Waals surface area contributed by atoms with Crippen LogP contribution in [-0.4, -0.2) is 17.0 Å². The van der Waals surface area contributed by atoms with Gasteiger partial charge in [-0.1, -0.05) is 30.3 Å². The summed E-state index contributed by atoms with van der Waals surface area (Å²) in [5.41, 5.74) is 4.44. The zero-order valence-corrected chi connectivity index (χ0v) is 12.6. The van der Waals surface area contributed by atoms with Crippen molar-refractivity contribution < 1.29 is 9.47 Å². The number of nitrogens with zero attached hydrogens (tertiary/aromatic N) is 1. The third-order valence-electron chi connectivity index (χ3n) is 3.87. The molecule has 1 aliphatic rings. The minimum atomic E-state index is 0.285. The molecule has 116 valence electrons. The third kappa shape index (κ3) is 2.91. The normalized spacial score (nSPS) is 12.5. The van der Waals surface area contributed by atoms with Gasteiger partial charge in [0.2, 0.25) is 6.79 Å². The first-order valence-corrected chi connectivity index (χ1v) is 7.57. The number of aromatic amines is 1. The largest absolute Gasteiger partial charge is 0.454 e. The van der Waals surface area contributed by atoms with Gasteiger partial charge in [0, 0.05) is 24.2 Å². The van der Waals surface area contributed by atoms with Gasteiger partial charge >= 0.3 is 0 Å². The summed E-state index contributed by atoms with van der Waals surface area (Å²) in [7, 11) is 0. The van der Waals surface area contributed by atoms with Gasteiger partial charge in [-0.15, -0.1) is 0 Å². The summed E-state index contributed by atoms with van der Waals surface area (Å²) in [6.45, 7) is 1.86. The maximum Gasteiger partial charge on any atom is 0.231 e. The molecule has 1 aromatic heterocycles. The van der Waals surface area contributed by atoms with E-state index in [0.29, 0.717) is 0 Å². The number of benzene rings is 2. The fourth-order valence-corrected chi connectivity index (χ4v) is 2.68. The molecule has 1 aliphatic heterocycles. The van der Waals surface area contributed by atoms with Crippen molar-refractivity contribution in [2.75, 3.05) is 6.79 Å². The monoisotopic (exact) mass is 307 g/mol. The molecule has 0 spiro atoms. The molecule has 2 aromatic carbocycles. The van der Waals surface area contributed by atoms with E-state index in [1.54, 1.807) is 0 Å². The number of H-pyrrole nitrogens is 1. The van der Waals surface area contributed by atoms with Crippen LogP contribution in [0.2, 0.25) is 0 Å². The van der Waals surface area contributed by atoms with Crippen molar-refractivity contribution in [3.05, 3.63) is 65.9 Å². The van der Waals surface area contributed by atoms with Crippen LogP contribution in [0.1, 0.15) is 11.1 Å². The summed E-state index contributed by atoms with van der Waals surface area (Å²) in [6.07, 6.45) is 1.86. The number of ether oxygens (including phenoxy) is 2. The van der Waals surface area contributed by atoms with Crippen LogP contribution >= 0.6 is 0 Å². The fourth-order valence-electron chi connectivity index (χ4n) is 2.68. The van der Waals surface area contributed by atoms with Gasteiger partial charge < -0.3 is 14.8 Å². The number of hydrogen-bond donors (Lipinski definition) is 2. The van der Waals surface area contributed by atoms with E-state index in [2.05, 4.69) is 27.6 Å². The molecule has 0 amide bonds. The molecule has 5 heteroatoms. The Morgan fingerprint density at radius 2 is 1.87 bits per heavy atom. The zero-order chi connectivity index (χ0) is 15.5. The predicted octanol–water partition coefficient (Wildman–Crippen LogP) is 3.10. The Balaban J connectivity index is 1.48. The second-order valence-electron chi connectivity index (χ2n) is 5.43. The van der Waals surface area contributed by atoms with Crippen LogP contribution in [0.25, 0.3) is 11.3 Å². The summed E-state index contributed by atoms with van der Waals surface area (Å²) in [5, 5.41) is 10.7. The van der Waals surface area contributed by atoms with Crippen molar-refractivity contribution >= 4 is 0 Å². The van der Waals surface area contributed by atoms with Gasteiger partial charge in [-0.05, 0) is 23.8 Å². The van der Waals surface area contributed by atoms with Crippen LogP contribution in [0.4, 0.5) is 0 Å². The molecule has 23 heavy (non-hydrogen) atoms. The average molecular weight is 307 g/mol. The van der Waals surface area contributed by atoms with Gasteiger partial charge in [-0.25, -0.2) is 0 Å². The number of rotatable bonds is 5. The summed E-state index contributed by atoms with van der Waals surface area (Å²) < 4.78 is 10.8. The van der Waals surface area contributed by atoms with Crippen molar-refractivity contribution in [2.24, 2.45) is 0 Å². The van der Waals surface area contributed by atoms with Crippen molar-refractivity contribution in [3.63, 3.8) is 0 Å². The lowest BCUT2D eigenvalue weighted by molar-refractivity contribution is 0.174. The minimum Gasteiger partial charge on any atom is -0.454 e. The molecule has 0 radical (unpaired) electrons. The Bertz CT molecular complexity index is 799. The number of aromatic nitrogens is 2. The first-order valence-electron chi connectivity index (χ1n) is 7.57. The average Bonchev–Trinajstić information content (AvgIpc) is 3.24. The Morgan fingerprint density at radius 3 is 2.78 bits per heavy atom. The topological polar surface area (TPSA) is 59.2 Å². The molecule has 2 N–H and O–H groups in total. The van der Waals surface area contributed by atoms with E-state index in [0.717, 1.165) is 41.4 Å². The van der Waals surface area contributed by atoms with Crippen molar-refractivity contribution in [2.45, 2.75) is 13.1 Å². The van der Waals surface area contributed by atoms with Crippen LogP contribution in [0, 0.1) is 0 Å². The van der Waals surface area contributed by atoms with Gasteiger partial charge in [0.05, 0.1) is 11.9 Å². The summed E-state index contributed by atoms with van der Waals surface area (Å²) in [6, 6.07) is 16.3. The van der Waals surface area contributed by atoms with Crippen LogP contribution in [0.15, 0.2) is 54.7 Å². The fraction of sp³-hybridized carbons (Fsp3) is 0.167. The van der Waals surface area contributed by atoms with Gasteiger partial charge in [0.1, 0.15) is 0 Å². The molecule has 4 rings (SSSR count). The van der Waals surface area contributed by atoms with E-state index < -0.39 is 0 Å². The highest BCUT2D eigenvalue weighted by molar-refractivity contribution is 5.66. The molecule has 0 fully saturated rings. The van der Waals surface area contributed by atoms with E-state index in [1.165, 1.54) is 5.56 Å². The molecule has 5 nitrogen and oxygen atoms in total. The Hall–Kier alpha value is -2.79. The molecular weight excluding hydrogens is 290 g/mol. The summed E-state index contributed by atoms with van der Waals surface area (Å²) >= 11 is 0. The number of fused-ring (bicyclic) bond motifs is 1. The van der Waals surface area contributed by atoms with E-state index in [-0.39, 0.29) is 6.79 Å². The maximum absolute atomic E-state index is 5.44. The molecule has 3 aromatic rings. The molecular formula is C18H17N3O2. The quantitative estimate of drug-likeness (QED) is 0.760. The van der Waals surface area contributed by atoms with E-state index in [1.807, 2.05) is 42.6 Å². The standard InChI is InChI=1S/C18H17N3O2/c1-2-4-13(5-3-1)9-19-10-15-11-20-21-18(15)14-6-7-16-17(8-14)23-12-22-16/h1-8,11,19H,9-10,12H2,(H,20,21). The molecule has 0 unspecified atom stereocenters. The van der Waals surface area contributed by atoms with Crippen LogP contribution in [0.5, 0.6) is 11.5 Å². The van der Waals surface area contributed by atoms with Crippen molar-refractivity contribution in [1.29, 1.82) is 0 Å². The van der Waals surface area contributed by atoms with Crippen LogP contribution in [-0.2, 0) is 13.1 Å². The van der Waals surface area contributed by atoms with Gasteiger partial charge in [0.25, 0.3) is 0 Å². The lowest BCUT2D eigenvalue weighted by Gasteiger charge is -2.07. The van der Waals surface area contributed by atoms with Gasteiger partial charge in [0.15, 0.2) is 11.5 Å². The highest BCUT2D eigenvalue weighted by Crippen LogP contribution is 2.36.